The lowest BCUT2D eigenvalue weighted by Crippen LogP contribution is -2.39. The molecule has 0 spiro atoms. The Balaban J connectivity index is 1.99. The molecular formula is C17H27N3O. The van der Waals surface area contributed by atoms with Crippen molar-refractivity contribution in [3.05, 3.63) is 23.0 Å². The first-order chi connectivity index (χ1) is 9.78. The highest BCUT2D eigenvalue weighted by molar-refractivity contribution is 5.76. The zero-order valence-electron chi connectivity index (χ0n) is 13.6. The average Bonchev–Trinajstić information content (AvgIpc) is 2.68. The predicted octanol–water partition coefficient (Wildman–Crippen LogP) is 2.56. The fraction of sp³-hybridized carbons (Fsp3) is 0.706. The molecule has 2 aliphatic rings. The first-order valence-corrected chi connectivity index (χ1v) is 7.98. The lowest BCUT2D eigenvalue weighted by molar-refractivity contribution is -0.132. The summed E-state index contributed by atoms with van der Waals surface area (Å²) in [7, 11) is 1.91. The fourth-order valence-electron chi connectivity index (χ4n) is 4.18. The third-order valence-corrected chi connectivity index (χ3v) is 5.15. The molecule has 1 aliphatic carbocycles. The van der Waals surface area contributed by atoms with Gasteiger partial charge in [-0.2, -0.15) is 0 Å². The van der Waals surface area contributed by atoms with Crippen LogP contribution in [0.15, 0.2) is 6.07 Å². The third kappa shape index (κ3) is 2.50. The summed E-state index contributed by atoms with van der Waals surface area (Å²) in [6.07, 6.45) is 3.73. The van der Waals surface area contributed by atoms with Crippen LogP contribution in [0.25, 0.3) is 0 Å². The fourth-order valence-corrected chi connectivity index (χ4v) is 4.18. The monoisotopic (exact) mass is 289 g/mol. The summed E-state index contributed by atoms with van der Waals surface area (Å²) >= 11 is 0. The van der Waals surface area contributed by atoms with Crippen molar-refractivity contribution in [1.82, 2.24) is 9.47 Å². The van der Waals surface area contributed by atoms with Crippen LogP contribution in [0.3, 0.4) is 0 Å². The number of aromatic nitrogens is 1. The summed E-state index contributed by atoms with van der Waals surface area (Å²) in [6.45, 7) is 7.60. The van der Waals surface area contributed by atoms with Gasteiger partial charge in [0.05, 0.1) is 6.04 Å². The molecule has 4 nitrogen and oxygen atoms in total. The Bertz CT molecular complexity index is 573. The smallest absolute Gasteiger partial charge is 0.222 e. The minimum Gasteiger partial charge on any atom is -0.344 e. The Morgan fingerprint density at radius 3 is 2.76 bits per heavy atom. The first-order valence-electron chi connectivity index (χ1n) is 7.98. The molecule has 1 fully saturated rings. The number of carbonyl (C=O) groups is 1. The van der Waals surface area contributed by atoms with E-state index in [2.05, 4.69) is 31.4 Å². The van der Waals surface area contributed by atoms with Crippen LogP contribution < -0.4 is 5.73 Å². The quantitative estimate of drug-likeness (QED) is 0.864. The van der Waals surface area contributed by atoms with Crippen LogP contribution in [0, 0.1) is 12.3 Å². The standard InChI is InChI=1S/C17H27N3O/c1-11-7-13-14(18)8-17(2,3)9-15(13)20(11)12-5-6-16(21)19(4)10-12/h7,12,14H,5-6,8-10,18H2,1-4H3. The molecule has 2 N–H and O–H groups in total. The molecule has 21 heavy (non-hydrogen) atoms. The van der Waals surface area contributed by atoms with Gasteiger partial charge in [0.15, 0.2) is 0 Å². The van der Waals surface area contributed by atoms with Crippen molar-refractivity contribution in [2.45, 2.75) is 58.5 Å². The maximum atomic E-state index is 11.7. The van der Waals surface area contributed by atoms with E-state index in [1.165, 1.54) is 17.0 Å². The highest BCUT2D eigenvalue weighted by Gasteiger charge is 2.35. The van der Waals surface area contributed by atoms with Gasteiger partial charge in [0, 0.05) is 37.4 Å². The zero-order chi connectivity index (χ0) is 15.4. The van der Waals surface area contributed by atoms with Crippen molar-refractivity contribution >= 4 is 5.91 Å². The van der Waals surface area contributed by atoms with Crippen LogP contribution in [0.4, 0.5) is 0 Å². The van der Waals surface area contributed by atoms with Gasteiger partial charge in [-0.05, 0) is 43.2 Å². The average molecular weight is 289 g/mol. The van der Waals surface area contributed by atoms with Crippen molar-refractivity contribution < 1.29 is 4.79 Å². The minimum atomic E-state index is 0.145. The highest BCUT2D eigenvalue weighted by Crippen LogP contribution is 2.42. The summed E-state index contributed by atoms with van der Waals surface area (Å²) in [5, 5.41) is 0. The van der Waals surface area contributed by atoms with Gasteiger partial charge >= 0.3 is 0 Å². The summed E-state index contributed by atoms with van der Waals surface area (Å²) in [4.78, 5) is 13.6. The second-order valence-corrected chi connectivity index (χ2v) is 7.68. The Labute approximate surface area is 127 Å². The molecule has 0 radical (unpaired) electrons. The Morgan fingerprint density at radius 2 is 2.10 bits per heavy atom. The van der Waals surface area contributed by atoms with Crippen LogP contribution in [-0.4, -0.2) is 29.0 Å². The van der Waals surface area contributed by atoms with Gasteiger partial charge < -0.3 is 15.2 Å². The Kier molecular flexibility index (Phi) is 3.40. The molecule has 2 unspecified atom stereocenters. The number of aryl methyl sites for hydroxylation is 1. The number of hydrogen-bond acceptors (Lipinski definition) is 2. The SMILES string of the molecule is Cc1cc2c(n1C1CCC(=O)N(C)C1)CC(C)(C)CC2N. The number of likely N-dealkylation sites (tertiary alicyclic amines) is 1. The number of amides is 1. The van der Waals surface area contributed by atoms with E-state index < -0.39 is 0 Å². The molecule has 2 heterocycles. The maximum Gasteiger partial charge on any atom is 0.222 e. The lowest BCUT2D eigenvalue weighted by atomic mass is 9.74. The molecule has 4 heteroatoms. The highest BCUT2D eigenvalue weighted by atomic mass is 16.2. The van der Waals surface area contributed by atoms with E-state index in [1.807, 2.05) is 11.9 Å². The minimum absolute atomic E-state index is 0.145. The van der Waals surface area contributed by atoms with E-state index in [0.29, 0.717) is 12.5 Å². The number of hydrogen-bond donors (Lipinski definition) is 1. The number of nitrogens with two attached hydrogens (primary N) is 1. The molecule has 1 saturated heterocycles. The van der Waals surface area contributed by atoms with Gasteiger partial charge in [-0.15, -0.1) is 0 Å². The number of piperidine rings is 1. The van der Waals surface area contributed by atoms with E-state index in [-0.39, 0.29) is 17.4 Å². The van der Waals surface area contributed by atoms with E-state index >= 15 is 0 Å². The van der Waals surface area contributed by atoms with Gasteiger partial charge in [-0.25, -0.2) is 0 Å². The van der Waals surface area contributed by atoms with Crippen LogP contribution >= 0.6 is 0 Å². The van der Waals surface area contributed by atoms with Crippen LogP contribution in [-0.2, 0) is 11.2 Å². The second-order valence-electron chi connectivity index (χ2n) is 7.68. The molecule has 0 saturated carbocycles. The number of nitrogens with zero attached hydrogens (tertiary/aromatic N) is 2. The van der Waals surface area contributed by atoms with Gasteiger partial charge in [-0.3, -0.25) is 4.79 Å². The summed E-state index contributed by atoms with van der Waals surface area (Å²) in [5.74, 6) is 0.266. The van der Waals surface area contributed by atoms with Crippen molar-refractivity contribution in [3.63, 3.8) is 0 Å². The van der Waals surface area contributed by atoms with Gasteiger partial charge in [0.2, 0.25) is 5.91 Å². The topological polar surface area (TPSA) is 51.3 Å². The van der Waals surface area contributed by atoms with E-state index in [4.69, 9.17) is 5.73 Å². The summed E-state index contributed by atoms with van der Waals surface area (Å²) in [6, 6.07) is 2.82. The zero-order valence-corrected chi connectivity index (χ0v) is 13.6. The molecule has 3 rings (SSSR count). The van der Waals surface area contributed by atoms with Crippen molar-refractivity contribution in [2.24, 2.45) is 11.1 Å². The number of rotatable bonds is 1. The molecule has 1 aromatic rings. The van der Waals surface area contributed by atoms with Gasteiger partial charge in [0.25, 0.3) is 0 Å². The van der Waals surface area contributed by atoms with Crippen LogP contribution in [0.1, 0.15) is 62.1 Å². The first kappa shape index (κ1) is 14.6. The van der Waals surface area contributed by atoms with Gasteiger partial charge in [-0.1, -0.05) is 13.8 Å². The largest absolute Gasteiger partial charge is 0.344 e. The third-order valence-electron chi connectivity index (χ3n) is 5.15. The Hall–Kier alpha value is -1.29. The van der Waals surface area contributed by atoms with Crippen molar-refractivity contribution in [3.8, 4) is 0 Å². The van der Waals surface area contributed by atoms with Crippen LogP contribution in [0.5, 0.6) is 0 Å². The van der Waals surface area contributed by atoms with Crippen molar-refractivity contribution in [2.75, 3.05) is 13.6 Å². The molecule has 0 bridgehead atoms. The summed E-state index contributed by atoms with van der Waals surface area (Å²) in [5.41, 5.74) is 10.7. The number of fused-ring (bicyclic) bond motifs is 1. The van der Waals surface area contributed by atoms with Crippen molar-refractivity contribution in [1.29, 1.82) is 0 Å². The van der Waals surface area contributed by atoms with Crippen LogP contribution in [0.2, 0.25) is 0 Å². The number of carbonyl (C=O) groups excluding carboxylic acids is 1. The lowest BCUT2D eigenvalue weighted by Gasteiger charge is -2.38. The second kappa shape index (κ2) is 4.87. The molecule has 116 valence electrons. The van der Waals surface area contributed by atoms with E-state index in [0.717, 1.165) is 25.8 Å². The van der Waals surface area contributed by atoms with Gasteiger partial charge in [0.1, 0.15) is 0 Å². The van der Waals surface area contributed by atoms with E-state index in [9.17, 15) is 4.79 Å². The number of likely N-dealkylation sites (N-methyl/N-ethyl adjacent to an activating group) is 1. The summed E-state index contributed by atoms with van der Waals surface area (Å²) < 4.78 is 2.47. The normalized spacial score (nSPS) is 28.6. The molecule has 1 aromatic heterocycles. The van der Waals surface area contributed by atoms with E-state index in [1.54, 1.807) is 0 Å². The molecule has 1 aliphatic heterocycles. The maximum absolute atomic E-state index is 11.7. The molecule has 2 atom stereocenters. The Morgan fingerprint density at radius 1 is 1.38 bits per heavy atom. The molecule has 0 aromatic carbocycles. The predicted molar refractivity (Wildman–Crippen MR) is 84.1 cm³/mol. The molecule has 1 amide bonds. The molecular weight excluding hydrogens is 262 g/mol.